The van der Waals surface area contributed by atoms with Crippen LogP contribution in [0.3, 0.4) is 0 Å². The summed E-state index contributed by atoms with van der Waals surface area (Å²) < 4.78 is 1.17. The molecule has 0 amide bonds. The van der Waals surface area contributed by atoms with Crippen LogP contribution in [0.1, 0.15) is 29.8 Å². The van der Waals surface area contributed by atoms with Crippen molar-refractivity contribution in [3.8, 4) is 0 Å². The monoisotopic (exact) mass is 310 g/mol. The van der Waals surface area contributed by atoms with E-state index in [-0.39, 0.29) is 6.04 Å². The van der Waals surface area contributed by atoms with Crippen LogP contribution in [0.15, 0.2) is 33.6 Å². The van der Waals surface area contributed by atoms with Gasteiger partial charge >= 0.3 is 0 Å². The minimum absolute atomic E-state index is 0.238. The first-order valence-electron chi connectivity index (χ1n) is 5.60. The van der Waals surface area contributed by atoms with Gasteiger partial charge in [-0.25, -0.2) is 0 Å². The van der Waals surface area contributed by atoms with Gasteiger partial charge in [0.05, 0.1) is 6.04 Å². The third-order valence-electron chi connectivity index (χ3n) is 2.62. The number of hydrogen-bond donors (Lipinski definition) is 1. The molecule has 90 valence electrons. The average molecular weight is 311 g/mol. The van der Waals surface area contributed by atoms with E-state index in [4.69, 9.17) is 0 Å². The number of nitrogens with one attached hydrogen (secondary N) is 1. The van der Waals surface area contributed by atoms with E-state index >= 15 is 0 Å². The van der Waals surface area contributed by atoms with Gasteiger partial charge in [0, 0.05) is 21.7 Å². The first-order valence-corrected chi connectivity index (χ1v) is 7.33. The molecule has 1 unspecified atom stereocenters. The Labute approximate surface area is 114 Å². The second-order valence-corrected chi connectivity index (χ2v) is 5.49. The van der Waals surface area contributed by atoms with E-state index in [1.165, 1.54) is 15.6 Å². The van der Waals surface area contributed by atoms with Crippen molar-refractivity contribution in [2.75, 3.05) is 6.54 Å². The smallest absolute Gasteiger partial charge is 0.0597 e. The largest absolute Gasteiger partial charge is 0.306 e. The Bertz CT molecular complexity index is 496. The van der Waals surface area contributed by atoms with Gasteiger partial charge in [-0.3, -0.25) is 4.98 Å². The summed E-state index contributed by atoms with van der Waals surface area (Å²) in [4.78, 5) is 4.25. The first-order chi connectivity index (χ1) is 8.22. The molecule has 1 atom stereocenters. The lowest BCUT2D eigenvalue weighted by Crippen LogP contribution is -2.22. The molecule has 0 bridgehead atoms. The van der Waals surface area contributed by atoms with Gasteiger partial charge in [0.25, 0.3) is 0 Å². The maximum absolute atomic E-state index is 4.25. The van der Waals surface area contributed by atoms with Crippen molar-refractivity contribution < 1.29 is 0 Å². The number of rotatable bonds is 4. The van der Waals surface area contributed by atoms with Crippen LogP contribution >= 0.6 is 27.3 Å². The highest BCUT2D eigenvalue weighted by atomic mass is 79.9. The molecule has 2 rings (SSSR count). The van der Waals surface area contributed by atoms with Crippen molar-refractivity contribution in [2.45, 2.75) is 19.9 Å². The van der Waals surface area contributed by atoms with Crippen molar-refractivity contribution in [3.63, 3.8) is 0 Å². The highest BCUT2D eigenvalue weighted by molar-refractivity contribution is 9.10. The van der Waals surface area contributed by atoms with Gasteiger partial charge in [-0.1, -0.05) is 6.92 Å². The van der Waals surface area contributed by atoms with E-state index < -0.39 is 0 Å². The van der Waals surface area contributed by atoms with Crippen molar-refractivity contribution in [1.29, 1.82) is 0 Å². The van der Waals surface area contributed by atoms with E-state index in [2.05, 4.69) is 56.0 Å². The number of aryl methyl sites for hydroxylation is 1. The van der Waals surface area contributed by atoms with Gasteiger partial charge in [-0.05, 0) is 58.0 Å². The number of halogens is 1. The van der Waals surface area contributed by atoms with Gasteiger partial charge in [0.15, 0.2) is 0 Å². The predicted octanol–water partition coefficient (Wildman–Crippen LogP) is 3.91. The molecule has 0 saturated heterocycles. The normalized spacial score (nSPS) is 12.6. The summed E-state index contributed by atoms with van der Waals surface area (Å²) >= 11 is 5.32. The van der Waals surface area contributed by atoms with Crippen LogP contribution in [0.4, 0.5) is 0 Å². The standard InChI is InChI=1S/C13H15BrN2S/c1-3-15-13(11-7-17-8-12(11)14)10-4-5-16-9(2)6-10/h4-8,13,15H,3H2,1-2H3. The van der Waals surface area contributed by atoms with E-state index in [0.29, 0.717) is 0 Å². The molecule has 4 heteroatoms. The molecule has 0 aromatic carbocycles. The lowest BCUT2D eigenvalue weighted by atomic mass is 10.0. The molecular formula is C13H15BrN2S. The maximum Gasteiger partial charge on any atom is 0.0597 e. The van der Waals surface area contributed by atoms with Crippen LogP contribution in [0.2, 0.25) is 0 Å². The number of hydrogen-bond acceptors (Lipinski definition) is 3. The number of aromatic nitrogens is 1. The van der Waals surface area contributed by atoms with Gasteiger partial charge in [0.2, 0.25) is 0 Å². The van der Waals surface area contributed by atoms with Crippen LogP contribution in [0, 0.1) is 6.92 Å². The van der Waals surface area contributed by atoms with Crippen LogP contribution in [0.5, 0.6) is 0 Å². The summed E-state index contributed by atoms with van der Waals surface area (Å²) in [6.45, 7) is 5.09. The summed E-state index contributed by atoms with van der Waals surface area (Å²) in [6, 6.07) is 4.45. The summed E-state index contributed by atoms with van der Waals surface area (Å²) in [6.07, 6.45) is 1.87. The molecule has 2 aromatic heterocycles. The average Bonchev–Trinajstić information content (AvgIpc) is 2.72. The minimum Gasteiger partial charge on any atom is -0.306 e. The van der Waals surface area contributed by atoms with Crippen molar-refractivity contribution in [1.82, 2.24) is 10.3 Å². The molecule has 2 heterocycles. The Morgan fingerprint density at radius 2 is 2.29 bits per heavy atom. The molecule has 0 spiro atoms. The predicted molar refractivity (Wildman–Crippen MR) is 76.5 cm³/mol. The summed E-state index contributed by atoms with van der Waals surface area (Å²) in [5, 5.41) is 7.82. The molecule has 17 heavy (non-hydrogen) atoms. The fourth-order valence-corrected chi connectivity index (χ4v) is 3.41. The molecule has 2 aromatic rings. The molecule has 0 aliphatic heterocycles. The zero-order chi connectivity index (χ0) is 12.3. The fraction of sp³-hybridized carbons (Fsp3) is 0.308. The topological polar surface area (TPSA) is 24.9 Å². The Balaban J connectivity index is 2.39. The van der Waals surface area contributed by atoms with Crippen LogP contribution in [0.25, 0.3) is 0 Å². The minimum atomic E-state index is 0.238. The fourth-order valence-electron chi connectivity index (χ4n) is 1.86. The van der Waals surface area contributed by atoms with Crippen molar-refractivity contribution in [2.24, 2.45) is 0 Å². The van der Waals surface area contributed by atoms with Gasteiger partial charge in [-0.15, -0.1) is 0 Å². The van der Waals surface area contributed by atoms with E-state index in [9.17, 15) is 0 Å². The summed E-state index contributed by atoms with van der Waals surface area (Å²) in [5.41, 5.74) is 3.61. The molecule has 1 N–H and O–H groups in total. The number of pyridine rings is 1. The number of nitrogens with zero attached hydrogens (tertiary/aromatic N) is 1. The van der Waals surface area contributed by atoms with Crippen LogP contribution < -0.4 is 5.32 Å². The Kier molecular flexibility index (Phi) is 4.31. The second-order valence-electron chi connectivity index (χ2n) is 3.90. The zero-order valence-corrected chi connectivity index (χ0v) is 12.3. The van der Waals surface area contributed by atoms with Gasteiger partial charge in [-0.2, -0.15) is 11.3 Å². The van der Waals surface area contributed by atoms with Gasteiger partial charge < -0.3 is 5.32 Å². The van der Waals surface area contributed by atoms with Crippen molar-refractivity contribution in [3.05, 3.63) is 50.4 Å². The quantitative estimate of drug-likeness (QED) is 0.926. The van der Waals surface area contributed by atoms with E-state index in [1.54, 1.807) is 11.3 Å². The van der Waals surface area contributed by atoms with E-state index in [1.807, 2.05) is 13.1 Å². The molecule has 0 radical (unpaired) electrons. The second kappa shape index (κ2) is 5.76. The maximum atomic E-state index is 4.25. The lowest BCUT2D eigenvalue weighted by molar-refractivity contribution is 0.629. The molecule has 0 aliphatic rings. The highest BCUT2D eigenvalue weighted by Gasteiger charge is 2.16. The first kappa shape index (κ1) is 12.7. The van der Waals surface area contributed by atoms with Crippen LogP contribution in [-0.2, 0) is 0 Å². The molecule has 0 saturated carbocycles. The Morgan fingerprint density at radius 3 is 2.88 bits per heavy atom. The third kappa shape index (κ3) is 2.94. The zero-order valence-electron chi connectivity index (χ0n) is 9.90. The van der Waals surface area contributed by atoms with Crippen LogP contribution in [-0.4, -0.2) is 11.5 Å². The molecule has 2 nitrogen and oxygen atoms in total. The Morgan fingerprint density at radius 1 is 1.47 bits per heavy atom. The van der Waals surface area contributed by atoms with Gasteiger partial charge in [0.1, 0.15) is 0 Å². The molecular weight excluding hydrogens is 296 g/mol. The molecule has 0 aliphatic carbocycles. The summed E-state index contributed by atoms with van der Waals surface area (Å²) in [5.74, 6) is 0. The third-order valence-corrected chi connectivity index (χ3v) is 4.37. The summed E-state index contributed by atoms with van der Waals surface area (Å²) in [7, 11) is 0. The van der Waals surface area contributed by atoms with Crippen molar-refractivity contribution >= 4 is 27.3 Å². The number of thiophene rings is 1. The van der Waals surface area contributed by atoms with E-state index in [0.717, 1.165) is 12.2 Å². The molecule has 0 fully saturated rings. The highest BCUT2D eigenvalue weighted by Crippen LogP contribution is 2.31. The lowest BCUT2D eigenvalue weighted by Gasteiger charge is -2.18. The Hall–Kier alpha value is -0.710. The SMILES string of the molecule is CCNC(c1ccnc(C)c1)c1cscc1Br.